The Morgan fingerprint density at radius 1 is 1.40 bits per heavy atom. The van der Waals surface area contributed by atoms with Crippen molar-refractivity contribution >= 4 is 5.97 Å². The molecule has 1 aliphatic rings. The molecule has 1 aromatic rings. The molecule has 0 spiro atoms. The Kier molecular flexibility index (Phi) is 5.15. The average Bonchev–Trinajstić information content (AvgIpc) is 2.98. The first-order valence-corrected chi connectivity index (χ1v) is 7.20. The maximum atomic E-state index is 10.9. The van der Waals surface area contributed by atoms with E-state index in [4.69, 9.17) is 9.84 Å². The minimum absolute atomic E-state index is 0.440. The van der Waals surface area contributed by atoms with Gasteiger partial charge in [-0.3, -0.25) is 4.79 Å². The molecule has 0 aliphatic carbocycles. The first-order chi connectivity index (χ1) is 9.58. The molecule has 20 heavy (non-hydrogen) atoms. The van der Waals surface area contributed by atoms with Crippen molar-refractivity contribution in [1.29, 1.82) is 0 Å². The number of hydrogen-bond acceptors (Lipinski definition) is 3. The van der Waals surface area contributed by atoms with Gasteiger partial charge in [0.05, 0.1) is 12.5 Å². The van der Waals surface area contributed by atoms with Gasteiger partial charge in [-0.1, -0.05) is 24.3 Å². The van der Waals surface area contributed by atoms with Gasteiger partial charge in [0.25, 0.3) is 0 Å². The van der Waals surface area contributed by atoms with Gasteiger partial charge in [-0.05, 0) is 37.3 Å². The fourth-order valence-electron chi connectivity index (χ4n) is 2.46. The van der Waals surface area contributed by atoms with Crippen LogP contribution in [0.15, 0.2) is 24.3 Å². The molecule has 0 radical (unpaired) electrons. The first kappa shape index (κ1) is 15.0. The largest absolute Gasteiger partial charge is 0.481 e. The number of nitrogens with one attached hydrogen (secondary N) is 1. The van der Waals surface area contributed by atoms with E-state index in [9.17, 15) is 4.79 Å². The van der Waals surface area contributed by atoms with E-state index in [2.05, 4.69) is 12.2 Å². The molecule has 1 aliphatic heterocycles. The number of carbonyl (C=O) groups is 1. The van der Waals surface area contributed by atoms with E-state index >= 15 is 0 Å². The smallest absolute Gasteiger partial charge is 0.310 e. The molecular formula is C16H23NO3. The summed E-state index contributed by atoms with van der Waals surface area (Å²) in [6.45, 7) is 6.43. The normalized spacial score (nSPS) is 21.6. The van der Waals surface area contributed by atoms with Crippen molar-refractivity contribution in [2.75, 3.05) is 13.2 Å². The fraction of sp³-hybridized carbons (Fsp3) is 0.562. The van der Waals surface area contributed by atoms with Crippen molar-refractivity contribution < 1.29 is 14.6 Å². The lowest BCUT2D eigenvalue weighted by Gasteiger charge is -2.19. The zero-order chi connectivity index (χ0) is 14.5. The lowest BCUT2D eigenvalue weighted by Crippen LogP contribution is -2.33. The number of benzene rings is 1. The average molecular weight is 277 g/mol. The van der Waals surface area contributed by atoms with Gasteiger partial charge in [0, 0.05) is 19.2 Å². The molecule has 1 fully saturated rings. The van der Waals surface area contributed by atoms with Crippen molar-refractivity contribution in [1.82, 2.24) is 5.32 Å². The van der Waals surface area contributed by atoms with Crippen LogP contribution in [0.3, 0.4) is 0 Å². The molecule has 0 aromatic heterocycles. The predicted molar refractivity (Wildman–Crippen MR) is 77.7 cm³/mol. The van der Waals surface area contributed by atoms with Crippen molar-refractivity contribution in [3.05, 3.63) is 35.4 Å². The zero-order valence-corrected chi connectivity index (χ0v) is 12.1. The standard InChI is InChI=1S/C16H23NO3/c1-11(16(18)19)14-5-3-13(4-6-14)9-17-12(2)15-7-8-20-10-15/h3-6,11-12,15,17H,7-10H2,1-2H3,(H,18,19). The summed E-state index contributed by atoms with van der Waals surface area (Å²) in [7, 11) is 0. The third-order valence-electron chi connectivity index (χ3n) is 4.15. The SMILES string of the molecule is CC(C(=O)O)c1ccc(CNC(C)C2CCOC2)cc1. The van der Waals surface area contributed by atoms with Crippen LogP contribution < -0.4 is 5.32 Å². The van der Waals surface area contributed by atoms with Crippen LogP contribution in [0.5, 0.6) is 0 Å². The molecule has 0 bridgehead atoms. The summed E-state index contributed by atoms with van der Waals surface area (Å²) in [5.41, 5.74) is 2.02. The highest BCUT2D eigenvalue weighted by atomic mass is 16.5. The summed E-state index contributed by atoms with van der Waals surface area (Å²) in [6, 6.07) is 8.24. The second-order valence-corrected chi connectivity index (χ2v) is 5.59. The summed E-state index contributed by atoms with van der Waals surface area (Å²) in [4.78, 5) is 10.9. The van der Waals surface area contributed by atoms with E-state index < -0.39 is 11.9 Å². The van der Waals surface area contributed by atoms with Crippen LogP contribution in [0.4, 0.5) is 0 Å². The maximum absolute atomic E-state index is 10.9. The molecule has 0 amide bonds. The predicted octanol–water partition coefficient (Wildman–Crippen LogP) is 2.39. The lowest BCUT2D eigenvalue weighted by atomic mass is 9.99. The van der Waals surface area contributed by atoms with Crippen LogP contribution in [0, 0.1) is 5.92 Å². The Hall–Kier alpha value is -1.39. The molecule has 1 heterocycles. The Labute approximate surface area is 120 Å². The second kappa shape index (κ2) is 6.86. The molecule has 110 valence electrons. The monoisotopic (exact) mass is 277 g/mol. The highest BCUT2D eigenvalue weighted by Gasteiger charge is 2.21. The van der Waals surface area contributed by atoms with Crippen LogP contribution in [0.1, 0.15) is 37.3 Å². The maximum Gasteiger partial charge on any atom is 0.310 e. The van der Waals surface area contributed by atoms with Crippen molar-refractivity contribution in [3.63, 3.8) is 0 Å². The quantitative estimate of drug-likeness (QED) is 0.838. The fourth-order valence-corrected chi connectivity index (χ4v) is 2.46. The number of aliphatic carboxylic acids is 1. The molecule has 1 saturated heterocycles. The summed E-state index contributed by atoms with van der Waals surface area (Å²) in [6.07, 6.45) is 1.13. The highest BCUT2D eigenvalue weighted by Crippen LogP contribution is 2.18. The van der Waals surface area contributed by atoms with Gasteiger partial charge in [-0.15, -0.1) is 0 Å². The van der Waals surface area contributed by atoms with E-state index in [-0.39, 0.29) is 0 Å². The molecule has 4 heteroatoms. The van der Waals surface area contributed by atoms with E-state index in [1.807, 2.05) is 24.3 Å². The molecule has 3 unspecified atom stereocenters. The molecule has 2 rings (SSSR count). The summed E-state index contributed by atoms with van der Waals surface area (Å²) >= 11 is 0. The molecule has 4 nitrogen and oxygen atoms in total. The number of rotatable bonds is 6. The minimum atomic E-state index is -0.786. The summed E-state index contributed by atoms with van der Waals surface area (Å²) < 4.78 is 5.40. The highest BCUT2D eigenvalue weighted by molar-refractivity contribution is 5.75. The van der Waals surface area contributed by atoms with Crippen LogP contribution >= 0.6 is 0 Å². The van der Waals surface area contributed by atoms with Gasteiger partial charge in [0.15, 0.2) is 0 Å². The zero-order valence-electron chi connectivity index (χ0n) is 12.1. The van der Waals surface area contributed by atoms with Crippen LogP contribution in [-0.2, 0) is 16.1 Å². The van der Waals surface area contributed by atoms with E-state index in [0.29, 0.717) is 12.0 Å². The van der Waals surface area contributed by atoms with E-state index in [1.165, 1.54) is 5.56 Å². The van der Waals surface area contributed by atoms with Gasteiger partial charge >= 0.3 is 5.97 Å². The lowest BCUT2D eigenvalue weighted by molar-refractivity contribution is -0.138. The molecule has 1 aromatic carbocycles. The number of carboxylic acid groups (broad SMARTS) is 1. The third kappa shape index (κ3) is 3.81. The summed E-state index contributed by atoms with van der Waals surface area (Å²) in [5, 5.41) is 12.5. The van der Waals surface area contributed by atoms with Crippen molar-refractivity contribution in [2.45, 2.75) is 38.8 Å². The van der Waals surface area contributed by atoms with Crippen molar-refractivity contribution in [3.8, 4) is 0 Å². The Bertz CT molecular complexity index is 438. The summed E-state index contributed by atoms with van der Waals surface area (Å²) in [5.74, 6) is -0.640. The molecule has 3 atom stereocenters. The number of ether oxygens (including phenoxy) is 1. The molecule has 2 N–H and O–H groups in total. The van der Waals surface area contributed by atoms with Crippen molar-refractivity contribution in [2.24, 2.45) is 5.92 Å². The van der Waals surface area contributed by atoms with Gasteiger partial charge in [0.1, 0.15) is 0 Å². The van der Waals surface area contributed by atoms with E-state index in [1.54, 1.807) is 6.92 Å². The number of carboxylic acids is 1. The second-order valence-electron chi connectivity index (χ2n) is 5.59. The Morgan fingerprint density at radius 3 is 2.65 bits per heavy atom. The van der Waals surface area contributed by atoms with Gasteiger partial charge in [-0.25, -0.2) is 0 Å². The molecular weight excluding hydrogens is 254 g/mol. The Morgan fingerprint density at radius 2 is 2.10 bits per heavy atom. The van der Waals surface area contributed by atoms with E-state index in [0.717, 1.165) is 31.7 Å². The topological polar surface area (TPSA) is 58.6 Å². The van der Waals surface area contributed by atoms with Crippen LogP contribution in [-0.4, -0.2) is 30.3 Å². The first-order valence-electron chi connectivity index (χ1n) is 7.20. The third-order valence-corrected chi connectivity index (χ3v) is 4.15. The van der Waals surface area contributed by atoms with Gasteiger partial charge < -0.3 is 15.2 Å². The number of hydrogen-bond donors (Lipinski definition) is 2. The minimum Gasteiger partial charge on any atom is -0.481 e. The van der Waals surface area contributed by atoms with Gasteiger partial charge in [-0.2, -0.15) is 0 Å². The Balaban J connectivity index is 1.85. The van der Waals surface area contributed by atoms with Crippen LogP contribution in [0.2, 0.25) is 0 Å². The van der Waals surface area contributed by atoms with Crippen LogP contribution in [0.25, 0.3) is 0 Å². The molecule has 0 saturated carbocycles. The van der Waals surface area contributed by atoms with Gasteiger partial charge in [0.2, 0.25) is 0 Å².